The van der Waals surface area contributed by atoms with Crippen LogP contribution in [0.3, 0.4) is 0 Å². The maximum atomic E-state index is 12.3. The van der Waals surface area contributed by atoms with Gasteiger partial charge in [-0.25, -0.2) is 15.8 Å². The third-order valence-corrected chi connectivity index (χ3v) is 3.48. The minimum absolute atomic E-state index is 0.132. The first-order valence-electron chi connectivity index (χ1n) is 5.85. The number of anilines is 1. The quantitative estimate of drug-likeness (QED) is 0.639. The monoisotopic (exact) mass is 277 g/mol. The van der Waals surface area contributed by atoms with Crippen LogP contribution in [-0.4, -0.2) is 27.3 Å². The van der Waals surface area contributed by atoms with Crippen molar-refractivity contribution in [3.63, 3.8) is 0 Å². The van der Waals surface area contributed by atoms with E-state index in [2.05, 4.69) is 15.4 Å². The summed E-state index contributed by atoms with van der Waals surface area (Å²) in [6.45, 7) is 3.15. The normalized spacial score (nSPS) is 10.2. The summed E-state index contributed by atoms with van der Waals surface area (Å²) < 4.78 is 0. The van der Waals surface area contributed by atoms with E-state index in [9.17, 15) is 4.79 Å². The largest absolute Gasteiger partial charge is 0.332 e. The molecule has 6 nitrogen and oxygen atoms in total. The first-order chi connectivity index (χ1) is 9.24. The number of hydrogen-bond acceptors (Lipinski definition) is 6. The van der Waals surface area contributed by atoms with Crippen LogP contribution < -0.4 is 11.3 Å². The highest BCUT2D eigenvalue weighted by Crippen LogP contribution is 2.13. The number of hydrazine groups is 1. The molecule has 1 amide bonds. The Balaban J connectivity index is 2.10. The molecule has 0 aliphatic rings. The zero-order valence-corrected chi connectivity index (χ0v) is 11.4. The second kappa shape index (κ2) is 6.26. The lowest BCUT2D eigenvalue weighted by Gasteiger charge is -2.19. The number of amides is 1. The maximum absolute atomic E-state index is 12.3. The highest BCUT2D eigenvalue weighted by Gasteiger charge is 2.16. The molecule has 2 aromatic rings. The summed E-state index contributed by atoms with van der Waals surface area (Å²) in [4.78, 5) is 23.2. The van der Waals surface area contributed by atoms with E-state index in [1.807, 2.05) is 24.4 Å². The van der Waals surface area contributed by atoms with Gasteiger partial charge in [0.25, 0.3) is 5.91 Å². The second-order valence-electron chi connectivity index (χ2n) is 3.83. The average Bonchev–Trinajstić information content (AvgIpc) is 2.97. The lowest BCUT2D eigenvalue weighted by Crippen LogP contribution is -2.30. The molecule has 100 valence electrons. The van der Waals surface area contributed by atoms with E-state index in [4.69, 9.17) is 5.84 Å². The van der Waals surface area contributed by atoms with Crippen LogP contribution in [0.2, 0.25) is 0 Å². The number of thiophene rings is 1. The van der Waals surface area contributed by atoms with Crippen LogP contribution in [-0.2, 0) is 6.54 Å². The second-order valence-corrected chi connectivity index (χ2v) is 4.86. The fourth-order valence-corrected chi connectivity index (χ4v) is 2.31. The van der Waals surface area contributed by atoms with Gasteiger partial charge in [-0.15, -0.1) is 11.3 Å². The van der Waals surface area contributed by atoms with Gasteiger partial charge in [-0.2, -0.15) is 0 Å². The molecule has 0 fully saturated rings. The number of rotatable bonds is 5. The Morgan fingerprint density at radius 3 is 2.84 bits per heavy atom. The number of carbonyl (C=O) groups excluding carboxylic acids is 1. The smallest absolute Gasteiger partial charge is 0.274 e. The molecule has 0 atom stereocenters. The summed E-state index contributed by atoms with van der Waals surface area (Å²) >= 11 is 1.63. The minimum Gasteiger partial charge on any atom is -0.332 e. The Morgan fingerprint density at radius 1 is 1.47 bits per heavy atom. The molecule has 2 heterocycles. The molecular weight excluding hydrogens is 262 g/mol. The first-order valence-corrected chi connectivity index (χ1v) is 6.73. The number of nitrogen functional groups attached to an aromatic ring is 1. The van der Waals surface area contributed by atoms with Gasteiger partial charge in [0.15, 0.2) is 5.82 Å². The van der Waals surface area contributed by atoms with Crippen molar-refractivity contribution in [2.24, 2.45) is 5.84 Å². The van der Waals surface area contributed by atoms with Crippen LogP contribution in [0.15, 0.2) is 29.9 Å². The van der Waals surface area contributed by atoms with Gasteiger partial charge in [0.2, 0.25) is 0 Å². The third-order valence-electron chi connectivity index (χ3n) is 2.61. The van der Waals surface area contributed by atoms with E-state index >= 15 is 0 Å². The molecule has 2 rings (SSSR count). The van der Waals surface area contributed by atoms with Crippen LogP contribution >= 0.6 is 11.3 Å². The number of nitrogens with two attached hydrogens (primary N) is 1. The fraction of sp³-hybridized carbons (Fsp3) is 0.250. The lowest BCUT2D eigenvalue weighted by molar-refractivity contribution is 0.0748. The van der Waals surface area contributed by atoms with Crippen LogP contribution in [0.1, 0.15) is 22.3 Å². The van der Waals surface area contributed by atoms with Crippen molar-refractivity contribution >= 4 is 23.1 Å². The molecule has 0 bridgehead atoms. The number of carbonyl (C=O) groups is 1. The molecule has 0 spiro atoms. The van der Waals surface area contributed by atoms with Crippen LogP contribution in [0.5, 0.6) is 0 Å². The number of nitrogens with one attached hydrogen (secondary N) is 1. The van der Waals surface area contributed by atoms with Gasteiger partial charge in [-0.3, -0.25) is 4.79 Å². The lowest BCUT2D eigenvalue weighted by atomic mass is 10.3. The standard InChI is InChI=1S/C12H15N5OS/c1-2-17(8-9-4-3-5-19-9)12(18)10-6-15-11(16-13)7-14-10/h3-7H,2,8,13H2,1H3,(H,15,16). The molecule has 2 aromatic heterocycles. The van der Waals surface area contributed by atoms with E-state index in [1.54, 1.807) is 16.2 Å². The van der Waals surface area contributed by atoms with Gasteiger partial charge in [-0.1, -0.05) is 6.07 Å². The molecule has 0 aliphatic carbocycles. The summed E-state index contributed by atoms with van der Waals surface area (Å²) in [6.07, 6.45) is 2.86. The summed E-state index contributed by atoms with van der Waals surface area (Å²) in [5, 5.41) is 2.00. The SMILES string of the molecule is CCN(Cc1cccs1)C(=O)c1cnc(NN)cn1. The van der Waals surface area contributed by atoms with Crippen molar-refractivity contribution in [1.82, 2.24) is 14.9 Å². The summed E-state index contributed by atoms with van der Waals surface area (Å²) in [5.41, 5.74) is 2.69. The average molecular weight is 277 g/mol. The van der Waals surface area contributed by atoms with Crippen molar-refractivity contribution in [2.45, 2.75) is 13.5 Å². The third kappa shape index (κ3) is 3.27. The Kier molecular flexibility index (Phi) is 4.43. The molecule has 0 saturated carbocycles. The van der Waals surface area contributed by atoms with Crippen LogP contribution in [0.25, 0.3) is 0 Å². The van der Waals surface area contributed by atoms with Gasteiger partial charge >= 0.3 is 0 Å². The maximum Gasteiger partial charge on any atom is 0.274 e. The highest BCUT2D eigenvalue weighted by molar-refractivity contribution is 7.09. The predicted octanol–water partition coefficient (Wildman–Crippen LogP) is 1.49. The van der Waals surface area contributed by atoms with Crippen molar-refractivity contribution < 1.29 is 4.79 Å². The van der Waals surface area contributed by atoms with E-state index in [1.165, 1.54) is 12.4 Å². The molecular formula is C12H15N5OS. The molecule has 3 N–H and O–H groups in total. The molecule has 0 saturated heterocycles. The van der Waals surface area contributed by atoms with Gasteiger partial charge in [-0.05, 0) is 18.4 Å². The van der Waals surface area contributed by atoms with Crippen LogP contribution in [0, 0.1) is 0 Å². The fourth-order valence-electron chi connectivity index (χ4n) is 1.59. The van der Waals surface area contributed by atoms with Gasteiger partial charge in [0, 0.05) is 11.4 Å². The summed E-state index contributed by atoms with van der Waals surface area (Å²) in [6, 6.07) is 3.98. The van der Waals surface area contributed by atoms with E-state index in [-0.39, 0.29) is 5.91 Å². The molecule has 19 heavy (non-hydrogen) atoms. The topological polar surface area (TPSA) is 84.1 Å². The molecule has 0 unspecified atom stereocenters. The summed E-state index contributed by atoms with van der Waals surface area (Å²) in [7, 11) is 0. The number of nitrogens with zero attached hydrogens (tertiary/aromatic N) is 3. The van der Waals surface area contributed by atoms with Crippen molar-refractivity contribution in [2.75, 3.05) is 12.0 Å². The molecule has 7 heteroatoms. The number of hydrogen-bond donors (Lipinski definition) is 2. The van der Waals surface area contributed by atoms with Gasteiger partial charge in [0.05, 0.1) is 18.9 Å². The Morgan fingerprint density at radius 2 is 2.32 bits per heavy atom. The predicted molar refractivity (Wildman–Crippen MR) is 74.6 cm³/mol. The van der Waals surface area contributed by atoms with Crippen molar-refractivity contribution in [3.8, 4) is 0 Å². The minimum atomic E-state index is -0.132. The van der Waals surface area contributed by atoms with Gasteiger partial charge < -0.3 is 10.3 Å². The Labute approximate surface area is 115 Å². The van der Waals surface area contributed by atoms with Crippen molar-refractivity contribution in [1.29, 1.82) is 0 Å². The van der Waals surface area contributed by atoms with Gasteiger partial charge in [0.1, 0.15) is 5.69 Å². The van der Waals surface area contributed by atoms with E-state index < -0.39 is 0 Å². The van der Waals surface area contributed by atoms with E-state index in [0.717, 1.165) is 4.88 Å². The summed E-state index contributed by atoms with van der Waals surface area (Å²) in [5.74, 6) is 5.50. The van der Waals surface area contributed by atoms with Crippen molar-refractivity contribution in [3.05, 3.63) is 40.5 Å². The molecule has 0 aliphatic heterocycles. The van der Waals surface area contributed by atoms with Crippen LogP contribution in [0.4, 0.5) is 5.82 Å². The zero-order chi connectivity index (χ0) is 13.7. The molecule has 0 radical (unpaired) electrons. The number of aromatic nitrogens is 2. The zero-order valence-electron chi connectivity index (χ0n) is 10.5. The Bertz CT molecular complexity index is 526. The molecule has 0 aromatic carbocycles. The van der Waals surface area contributed by atoms with E-state index in [0.29, 0.717) is 24.6 Å². The first kappa shape index (κ1) is 13.4. The highest BCUT2D eigenvalue weighted by atomic mass is 32.1. The Hall–Kier alpha value is -1.99.